The highest BCUT2D eigenvalue weighted by atomic mass is 33.5. The number of carbonyl (C=O) groups is 1. The van der Waals surface area contributed by atoms with Crippen molar-refractivity contribution in [3.8, 4) is 0 Å². The van der Waals surface area contributed by atoms with Crippen LogP contribution >= 0.6 is 44.0 Å². The van der Waals surface area contributed by atoms with Crippen molar-refractivity contribution in [2.45, 2.75) is 11.0 Å². The van der Waals surface area contributed by atoms with Crippen molar-refractivity contribution >= 4 is 50.0 Å². The zero-order chi connectivity index (χ0) is 11.8. The van der Waals surface area contributed by atoms with Gasteiger partial charge in [0.05, 0.1) is 0 Å². The third-order valence-electron chi connectivity index (χ3n) is 1.68. The van der Waals surface area contributed by atoms with E-state index in [1.165, 1.54) is 16.4 Å². The molecule has 0 fully saturated rings. The van der Waals surface area contributed by atoms with Crippen molar-refractivity contribution in [1.82, 2.24) is 0 Å². The number of thiol groups is 1. The number of hydrogen-bond donors (Lipinski definition) is 2. The summed E-state index contributed by atoms with van der Waals surface area (Å²) < 4.78 is 0. The molecule has 1 N–H and O–H groups in total. The van der Waals surface area contributed by atoms with Gasteiger partial charge in [-0.05, 0) is 15.4 Å². The Bertz CT molecular complexity index is 318. The molecule has 1 aromatic rings. The second-order valence-electron chi connectivity index (χ2n) is 2.95. The summed E-state index contributed by atoms with van der Waals surface area (Å²) in [6.07, 6.45) is 0. The van der Waals surface area contributed by atoms with E-state index in [9.17, 15) is 4.79 Å². The standard InChI is InChI=1S/C10H12O2S4/c11-10(12)9(13)7-15-16-14-6-8-4-2-1-3-5-8/h1-5,9,13H,6-7H2,(H,11,12). The molecule has 6 heteroatoms. The van der Waals surface area contributed by atoms with Crippen molar-refractivity contribution in [3.05, 3.63) is 35.9 Å². The molecule has 0 bridgehead atoms. The van der Waals surface area contributed by atoms with Gasteiger partial charge in [0.1, 0.15) is 5.25 Å². The molecule has 1 aromatic carbocycles. The Labute approximate surface area is 112 Å². The minimum absolute atomic E-state index is 0.519. The fraction of sp³-hybridized carbons (Fsp3) is 0.300. The van der Waals surface area contributed by atoms with Crippen molar-refractivity contribution in [2.75, 3.05) is 5.75 Å². The average Bonchev–Trinajstić information content (AvgIpc) is 2.29. The summed E-state index contributed by atoms with van der Waals surface area (Å²) in [7, 11) is 4.86. The zero-order valence-corrected chi connectivity index (χ0v) is 11.7. The molecule has 0 amide bonds. The molecule has 1 rings (SSSR count). The van der Waals surface area contributed by atoms with Crippen LogP contribution in [-0.2, 0) is 10.5 Å². The summed E-state index contributed by atoms with van der Waals surface area (Å²) in [6.45, 7) is 0. The summed E-state index contributed by atoms with van der Waals surface area (Å²) >= 11 is 3.95. The minimum atomic E-state index is -0.857. The Kier molecular flexibility index (Phi) is 7.27. The smallest absolute Gasteiger partial charge is 0.317 e. The monoisotopic (exact) mass is 292 g/mol. The lowest BCUT2D eigenvalue weighted by Crippen LogP contribution is -2.15. The SMILES string of the molecule is O=C(O)C(S)CSSSCc1ccccc1. The Hall–Kier alpha value is 0.0900. The zero-order valence-electron chi connectivity index (χ0n) is 8.41. The molecule has 0 aromatic heterocycles. The molecule has 16 heavy (non-hydrogen) atoms. The van der Waals surface area contributed by atoms with Crippen LogP contribution in [0.25, 0.3) is 0 Å². The second-order valence-corrected chi connectivity index (χ2v) is 7.85. The summed E-state index contributed by atoms with van der Waals surface area (Å²) in [5, 5.41) is 8.04. The predicted molar refractivity (Wildman–Crippen MR) is 78.2 cm³/mol. The van der Waals surface area contributed by atoms with Gasteiger partial charge in [-0.3, -0.25) is 4.79 Å². The van der Waals surface area contributed by atoms with Crippen molar-refractivity contribution in [3.63, 3.8) is 0 Å². The van der Waals surface area contributed by atoms with Gasteiger partial charge in [-0.25, -0.2) is 0 Å². The van der Waals surface area contributed by atoms with Crippen LogP contribution in [0.1, 0.15) is 5.56 Å². The first-order valence-corrected chi connectivity index (χ1v) is 8.90. The molecule has 0 aliphatic rings. The summed E-state index contributed by atoms with van der Waals surface area (Å²) in [5.74, 6) is 0.595. The van der Waals surface area contributed by atoms with Crippen LogP contribution in [0.2, 0.25) is 0 Å². The van der Waals surface area contributed by atoms with E-state index in [1.807, 2.05) is 18.2 Å². The first kappa shape index (κ1) is 14.2. The van der Waals surface area contributed by atoms with Gasteiger partial charge in [-0.15, -0.1) is 0 Å². The lowest BCUT2D eigenvalue weighted by molar-refractivity contribution is -0.135. The Morgan fingerprint density at radius 1 is 1.31 bits per heavy atom. The maximum atomic E-state index is 10.5. The van der Waals surface area contributed by atoms with Gasteiger partial charge in [0.2, 0.25) is 0 Å². The number of carboxylic acids is 1. The molecule has 0 heterocycles. The molecule has 88 valence electrons. The van der Waals surface area contributed by atoms with Crippen molar-refractivity contribution < 1.29 is 9.90 Å². The third-order valence-corrected chi connectivity index (χ3v) is 6.51. The molecule has 0 radical (unpaired) electrons. The maximum Gasteiger partial charge on any atom is 0.317 e. The van der Waals surface area contributed by atoms with Crippen LogP contribution in [0.3, 0.4) is 0 Å². The lowest BCUT2D eigenvalue weighted by atomic mass is 10.2. The molecule has 1 unspecified atom stereocenters. The molecule has 0 aliphatic carbocycles. The topological polar surface area (TPSA) is 37.3 Å². The number of rotatable bonds is 7. The summed E-state index contributed by atoms with van der Waals surface area (Å²) in [4.78, 5) is 10.5. The third kappa shape index (κ3) is 5.98. The molecule has 1 atom stereocenters. The van der Waals surface area contributed by atoms with Crippen LogP contribution in [0, 0.1) is 0 Å². The van der Waals surface area contributed by atoms with Crippen LogP contribution in [0.5, 0.6) is 0 Å². The van der Waals surface area contributed by atoms with Crippen LogP contribution in [-0.4, -0.2) is 22.1 Å². The van der Waals surface area contributed by atoms with E-state index >= 15 is 0 Å². The van der Waals surface area contributed by atoms with E-state index in [-0.39, 0.29) is 0 Å². The Morgan fingerprint density at radius 2 is 2.00 bits per heavy atom. The highest BCUT2D eigenvalue weighted by Gasteiger charge is 2.11. The molecule has 0 spiro atoms. The van der Waals surface area contributed by atoms with Gasteiger partial charge in [0.25, 0.3) is 0 Å². The van der Waals surface area contributed by atoms with E-state index in [0.29, 0.717) is 5.75 Å². The Balaban J connectivity index is 2.07. The van der Waals surface area contributed by atoms with E-state index in [4.69, 9.17) is 5.11 Å². The highest BCUT2D eigenvalue weighted by molar-refractivity contribution is 9.09. The summed E-state index contributed by atoms with van der Waals surface area (Å²) in [6, 6.07) is 10.2. The van der Waals surface area contributed by atoms with E-state index in [0.717, 1.165) is 5.75 Å². The van der Waals surface area contributed by atoms with Crippen molar-refractivity contribution in [1.29, 1.82) is 0 Å². The normalized spacial score (nSPS) is 12.3. The van der Waals surface area contributed by atoms with Gasteiger partial charge < -0.3 is 5.11 Å². The first-order valence-electron chi connectivity index (χ1n) is 4.56. The second kappa shape index (κ2) is 8.22. The summed E-state index contributed by atoms with van der Waals surface area (Å²) in [5.41, 5.74) is 1.28. The van der Waals surface area contributed by atoms with Gasteiger partial charge in [-0.1, -0.05) is 51.9 Å². The largest absolute Gasteiger partial charge is 0.480 e. The van der Waals surface area contributed by atoms with E-state index in [1.54, 1.807) is 20.6 Å². The number of benzene rings is 1. The Morgan fingerprint density at radius 3 is 2.62 bits per heavy atom. The molecule has 0 saturated heterocycles. The van der Waals surface area contributed by atoms with Crippen LogP contribution in [0.4, 0.5) is 0 Å². The van der Waals surface area contributed by atoms with Crippen LogP contribution < -0.4 is 0 Å². The number of carboxylic acid groups (broad SMARTS) is 1. The van der Waals surface area contributed by atoms with Crippen LogP contribution in [0.15, 0.2) is 30.3 Å². The maximum absolute atomic E-state index is 10.5. The van der Waals surface area contributed by atoms with E-state index < -0.39 is 11.2 Å². The van der Waals surface area contributed by atoms with Gasteiger partial charge in [0.15, 0.2) is 0 Å². The fourth-order valence-electron chi connectivity index (χ4n) is 0.864. The van der Waals surface area contributed by atoms with Gasteiger partial charge >= 0.3 is 5.97 Å². The molecule has 2 nitrogen and oxygen atoms in total. The molecule has 0 aliphatic heterocycles. The number of aliphatic carboxylic acids is 1. The highest BCUT2D eigenvalue weighted by Crippen LogP contribution is 2.37. The quantitative estimate of drug-likeness (QED) is 0.456. The van der Waals surface area contributed by atoms with Gasteiger partial charge in [0, 0.05) is 11.5 Å². The first-order chi connectivity index (χ1) is 7.70. The lowest BCUT2D eigenvalue weighted by Gasteiger charge is -2.03. The molecule has 0 saturated carbocycles. The fourth-order valence-corrected chi connectivity index (χ4v) is 5.04. The van der Waals surface area contributed by atoms with Crippen molar-refractivity contribution in [2.24, 2.45) is 0 Å². The average molecular weight is 292 g/mol. The molecular formula is C10H12O2S4. The molecular weight excluding hydrogens is 280 g/mol. The minimum Gasteiger partial charge on any atom is -0.480 e. The predicted octanol–water partition coefficient (Wildman–Crippen LogP) is 3.60. The van der Waals surface area contributed by atoms with Gasteiger partial charge in [-0.2, -0.15) is 12.6 Å². The van der Waals surface area contributed by atoms with E-state index in [2.05, 4.69) is 24.8 Å². The number of hydrogen-bond acceptors (Lipinski definition) is 5.